The van der Waals surface area contributed by atoms with Gasteiger partial charge in [-0.05, 0) is 47.6 Å². The highest BCUT2D eigenvalue weighted by Gasteiger charge is 2.19. The standard InChI is InChI=1S/C10H11IN2O/c11-8-4-5-9(12-7-8)13-6-2-1-3-10(13)14/h4-5,7H,1-3,6H2. The van der Waals surface area contributed by atoms with Crippen molar-refractivity contribution in [3.8, 4) is 0 Å². The van der Waals surface area contributed by atoms with Crippen molar-refractivity contribution < 1.29 is 4.79 Å². The fourth-order valence-corrected chi connectivity index (χ4v) is 1.89. The maximum absolute atomic E-state index is 11.6. The van der Waals surface area contributed by atoms with E-state index in [0.717, 1.165) is 28.8 Å². The van der Waals surface area contributed by atoms with Gasteiger partial charge >= 0.3 is 0 Å². The summed E-state index contributed by atoms with van der Waals surface area (Å²) in [5, 5.41) is 0. The zero-order chi connectivity index (χ0) is 9.97. The molecule has 4 heteroatoms. The minimum atomic E-state index is 0.199. The number of halogens is 1. The van der Waals surface area contributed by atoms with E-state index in [1.54, 1.807) is 11.1 Å². The van der Waals surface area contributed by atoms with Crippen LogP contribution in [-0.2, 0) is 4.79 Å². The van der Waals surface area contributed by atoms with Crippen LogP contribution in [0.1, 0.15) is 19.3 Å². The predicted octanol–water partition coefficient (Wildman–Crippen LogP) is 2.20. The summed E-state index contributed by atoms with van der Waals surface area (Å²) >= 11 is 2.21. The SMILES string of the molecule is O=C1CCCCN1c1ccc(I)cn1. The number of hydrogen-bond donors (Lipinski definition) is 0. The van der Waals surface area contributed by atoms with Crippen LogP contribution in [0.25, 0.3) is 0 Å². The van der Waals surface area contributed by atoms with Crippen molar-refractivity contribution in [2.45, 2.75) is 19.3 Å². The van der Waals surface area contributed by atoms with Crippen molar-refractivity contribution in [3.63, 3.8) is 0 Å². The molecule has 3 nitrogen and oxygen atoms in total. The fraction of sp³-hybridized carbons (Fsp3) is 0.400. The van der Waals surface area contributed by atoms with Gasteiger partial charge in [0.05, 0.1) is 0 Å². The monoisotopic (exact) mass is 302 g/mol. The molecule has 0 saturated carbocycles. The van der Waals surface area contributed by atoms with Crippen LogP contribution in [0.3, 0.4) is 0 Å². The van der Waals surface area contributed by atoms with Crippen molar-refractivity contribution in [1.82, 2.24) is 4.98 Å². The zero-order valence-corrected chi connectivity index (χ0v) is 9.90. The van der Waals surface area contributed by atoms with Crippen molar-refractivity contribution >= 4 is 34.3 Å². The molecule has 1 aliphatic rings. The molecule has 0 bridgehead atoms. The van der Waals surface area contributed by atoms with E-state index in [0.29, 0.717) is 6.42 Å². The van der Waals surface area contributed by atoms with Gasteiger partial charge in [0.25, 0.3) is 0 Å². The molecular formula is C10H11IN2O. The number of nitrogens with zero attached hydrogens (tertiary/aromatic N) is 2. The minimum Gasteiger partial charge on any atom is -0.297 e. The molecule has 0 atom stereocenters. The van der Waals surface area contributed by atoms with Gasteiger partial charge in [-0.1, -0.05) is 0 Å². The van der Waals surface area contributed by atoms with E-state index in [1.165, 1.54) is 0 Å². The molecule has 74 valence electrons. The van der Waals surface area contributed by atoms with Crippen molar-refractivity contribution in [3.05, 3.63) is 21.9 Å². The molecule has 0 N–H and O–H groups in total. The maximum atomic E-state index is 11.6. The lowest BCUT2D eigenvalue weighted by Gasteiger charge is -2.25. The van der Waals surface area contributed by atoms with Crippen molar-refractivity contribution in [1.29, 1.82) is 0 Å². The summed E-state index contributed by atoms with van der Waals surface area (Å²) in [5.41, 5.74) is 0. The number of aromatic nitrogens is 1. The second-order valence-electron chi connectivity index (χ2n) is 3.34. The average Bonchev–Trinajstić information content (AvgIpc) is 2.20. The average molecular weight is 302 g/mol. The van der Waals surface area contributed by atoms with Crippen LogP contribution in [0.5, 0.6) is 0 Å². The van der Waals surface area contributed by atoms with Gasteiger partial charge in [-0.25, -0.2) is 4.98 Å². The number of rotatable bonds is 1. The molecular weight excluding hydrogens is 291 g/mol. The summed E-state index contributed by atoms with van der Waals surface area (Å²) in [7, 11) is 0. The summed E-state index contributed by atoms with van der Waals surface area (Å²) < 4.78 is 1.09. The highest BCUT2D eigenvalue weighted by atomic mass is 127. The van der Waals surface area contributed by atoms with Crippen molar-refractivity contribution in [2.75, 3.05) is 11.4 Å². The third-order valence-electron chi connectivity index (χ3n) is 2.31. The maximum Gasteiger partial charge on any atom is 0.228 e. The first-order valence-electron chi connectivity index (χ1n) is 4.69. The Kier molecular flexibility index (Phi) is 3.00. The van der Waals surface area contributed by atoms with Crippen LogP contribution in [0, 0.1) is 3.57 Å². The number of anilines is 1. The fourth-order valence-electron chi connectivity index (χ4n) is 1.58. The van der Waals surface area contributed by atoms with E-state index in [9.17, 15) is 4.79 Å². The third kappa shape index (κ3) is 2.05. The van der Waals surface area contributed by atoms with Gasteiger partial charge < -0.3 is 0 Å². The van der Waals surface area contributed by atoms with Gasteiger partial charge in [0.2, 0.25) is 5.91 Å². The van der Waals surface area contributed by atoms with Crippen LogP contribution >= 0.6 is 22.6 Å². The Morgan fingerprint density at radius 3 is 2.86 bits per heavy atom. The number of amides is 1. The molecule has 1 aromatic rings. The van der Waals surface area contributed by atoms with Gasteiger partial charge in [0.15, 0.2) is 0 Å². The van der Waals surface area contributed by atoms with Crippen LogP contribution in [0.4, 0.5) is 5.82 Å². The summed E-state index contributed by atoms with van der Waals surface area (Å²) in [6, 6.07) is 3.88. The Labute approximate surface area is 96.7 Å². The van der Waals surface area contributed by atoms with E-state index >= 15 is 0 Å². The Balaban J connectivity index is 2.20. The first-order chi connectivity index (χ1) is 6.77. The molecule has 2 heterocycles. The quantitative estimate of drug-likeness (QED) is 0.745. The topological polar surface area (TPSA) is 33.2 Å². The molecule has 1 saturated heterocycles. The van der Waals surface area contributed by atoms with Crippen LogP contribution in [0.15, 0.2) is 18.3 Å². The summed E-state index contributed by atoms with van der Waals surface area (Å²) in [4.78, 5) is 17.6. The zero-order valence-electron chi connectivity index (χ0n) is 7.74. The van der Waals surface area contributed by atoms with E-state index in [1.807, 2.05) is 12.1 Å². The minimum absolute atomic E-state index is 0.199. The number of carbonyl (C=O) groups is 1. The van der Waals surface area contributed by atoms with E-state index < -0.39 is 0 Å². The molecule has 0 spiro atoms. The summed E-state index contributed by atoms with van der Waals surface area (Å²) in [6.07, 6.45) is 4.55. The molecule has 0 aromatic carbocycles. The Morgan fingerprint density at radius 2 is 2.21 bits per heavy atom. The van der Waals surface area contributed by atoms with E-state index in [2.05, 4.69) is 27.6 Å². The van der Waals surface area contributed by atoms with Gasteiger partial charge in [0, 0.05) is 22.7 Å². The van der Waals surface area contributed by atoms with Crippen LogP contribution in [-0.4, -0.2) is 17.4 Å². The largest absolute Gasteiger partial charge is 0.297 e. The normalized spacial score (nSPS) is 17.2. The van der Waals surface area contributed by atoms with Gasteiger partial charge in [-0.3, -0.25) is 9.69 Å². The van der Waals surface area contributed by atoms with Crippen LogP contribution < -0.4 is 4.90 Å². The highest BCUT2D eigenvalue weighted by molar-refractivity contribution is 14.1. The first-order valence-corrected chi connectivity index (χ1v) is 5.77. The second-order valence-corrected chi connectivity index (χ2v) is 4.58. The highest BCUT2D eigenvalue weighted by Crippen LogP contribution is 2.18. The summed E-state index contributed by atoms with van der Waals surface area (Å²) in [6.45, 7) is 0.812. The van der Waals surface area contributed by atoms with E-state index in [-0.39, 0.29) is 5.91 Å². The number of hydrogen-bond acceptors (Lipinski definition) is 2. The molecule has 0 radical (unpaired) electrons. The molecule has 14 heavy (non-hydrogen) atoms. The van der Waals surface area contributed by atoms with Gasteiger partial charge in [0.1, 0.15) is 5.82 Å². The third-order valence-corrected chi connectivity index (χ3v) is 2.95. The predicted molar refractivity (Wildman–Crippen MR) is 63.2 cm³/mol. The van der Waals surface area contributed by atoms with Gasteiger partial charge in [-0.2, -0.15) is 0 Å². The second kappa shape index (κ2) is 4.25. The lowest BCUT2D eigenvalue weighted by atomic mass is 10.1. The number of piperidine rings is 1. The molecule has 0 aliphatic carbocycles. The van der Waals surface area contributed by atoms with Crippen LogP contribution in [0.2, 0.25) is 0 Å². The Bertz CT molecular complexity index is 336. The molecule has 1 aromatic heterocycles. The first kappa shape index (κ1) is 9.89. The van der Waals surface area contributed by atoms with Gasteiger partial charge in [-0.15, -0.1) is 0 Å². The number of pyridine rings is 1. The Morgan fingerprint density at radius 1 is 1.36 bits per heavy atom. The molecule has 1 fully saturated rings. The summed E-state index contributed by atoms with van der Waals surface area (Å²) in [5.74, 6) is 0.986. The molecule has 0 unspecified atom stereocenters. The lowest BCUT2D eigenvalue weighted by Crippen LogP contribution is -2.35. The molecule has 1 aliphatic heterocycles. The molecule has 2 rings (SSSR count). The number of carbonyl (C=O) groups excluding carboxylic acids is 1. The molecule has 1 amide bonds. The lowest BCUT2D eigenvalue weighted by molar-refractivity contribution is -0.119. The Hall–Kier alpha value is -0.650. The van der Waals surface area contributed by atoms with Crippen molar-refractivity contribution in [2.24, 2.45) is 0 Å². The van der Waals surface area contributed by atoms with E-state index in [4.69, 9.17) is 0 Å². The smallest absolute Gasteiger partial charge is 0.228 e.